The van der Waals surface area contributed by atoms with Crippen LogP contribution >= 0.6 is 0 Å². The summed E-state index contributed by atoms with van der Waals surface area (Å²) >= 11 is 0. The Bertz CT molecular complexity index is 1620. The average molecular weight is 525 g/mol. The van der Waals surface area contributed by atoms with Crippen molar-refractivity contribution in [3.63, 3.8) is 0 Å². The third-order valence-corrected chi connectivity index (χ3v) is 7.02. The van der Waals surface area contributed by atoms with Crippen molar-refractivity contribution >= 4 is 38.5 Å². The minimum absolute atomic E-state index is 0.0375. The normalized spacial score (nSPS) is 14.5. The van der Waals surface area contributed by atoms with Crippen molar-refractivity contribution in [2.24, 2.45) is 0 Å². The molecule has 0 unspecified atom stereocenters. The van der Waals surface area contributed by atoms with Crippen molar-refractivity contribution in [2.75, 3.05) is 17.5 Å². The van der Waals surface area contributed by atoms with Gasteiger partial charge in [0.05, 0.1) is 12.3 Å². The Morgan fingerprint density at radius 2 is 1.92 bits per heavy atom. The monoisotopic (exact) mass is 524 g/mol. The van der Waals surface area contributed by atoms with Gasteiger partial charge < -0.3 is 9.47 Å². The molecule has 1 N–H and O–H groups in total. The Morgan fingerprint density at radius 3 is 2.62 bits per heavy atom. The lowest BCUT2D eigenvalue weighted by Gasteiger charge is -2.21. The number of carbonyl (C=O) groups excluding carboxylic acids is 2. The van der Waals surface area contributed by atoms with Gasteiger partial charge in [0.1, 0.15) is 24.6 Å². The van der Waals surface area contributed by atoms with E-state index in [1.165, 1.54) is 22.9 Å². The summed E-state index contributed by atoms with van der Waals surface area (Å²) in [6, 6.07) is 16.8. The summed E-state index contributed by atoms with van der Waals surface area (Å²) in [6.45, 7) is 1.37. The number of ether oxygens (including phenoxy) is 2. The van der Waals surface area contributed by atoms with Gasteiger partial charge in [-0.15, -0.1) is 0 Å². The van der Waals surface area contributed by atoms with Crippen molar-refractivity contribution in [2.45, 2.75) is 13.5 Å². The van der Waals surface area contributed by atoms with Crippen molar-refractivity contribution in [1.29, 1.82) is 0 Å². The molecule has 5 rings (SSSR count). The minimum atomic E-state index is -4.29. The van der Waals surface area contributed by atoms with Gasteiger partial charge in [-0.25, -0.2) is 22.9 Å². The molecule has 0 radical (unpaired) electrons. The number of hydrogen-bond donors (Lipinski definition) is 1. The number of esters is 1. The molecule has 0 spiro atoms. The summed E-state index contributed by atoms with van der Waals surface area (Å²) in [6.07, 6.45) is 1.57. The van der Waals surface area contributed by atoms with Gasteiger partial charge in [0.2, 0.25) is 0 Å². The van der Waals surface area contributed by atoms with E-state index in [-0.39, 0.29) is 35.7 Å². The lowest BCUT2D eigenvalue weighted by Crippen LogP contribution is -2.30. The lowest BCUT2D eigenvalue weighted by molar-refractivity contribution is -0.117. The second-order valence-electron chi connectivity index (χ2n) is 8.12. The van der Waals surface area contributed by atoms with Crippen LogP contribution in [0, 0.1) is 5.82 Å². The summed E-state index contributed by atoms with van der Waals surface area (Å²) < 4.78 is 55.8. The number of halogens is 1. The van der Waals surface area contributed by atoms with Gasteiger partial charge in [-0.2, -0.15) is 13.5 Å². The van der Waals surface area contributed by atoms with Crippen LogP contribution in [0.2, 0.25) is 0 Å². The van der Waals surface area contributed by atoms with E-state index in [1.807, 2.05) is 35.1 Å². The van der Waals surface area contributed by atoms with Crippen LogP contribution < -0.4 is 13.8 Å². The van der Waals surface area contributed by atoms with E-state index in [2.05, 4.69) is 5.10 Å². The molecule has 37 heavy (non-hydrogen) atoms. The molecule has 1 aromatic heterocycles. The number of amides is 1. The van der Waals surface area contributed by atoms with Gasteiger partial charge >= 0.3 is 16.2 Å². The van der Waals surface area contributed by atoms with E-state index in [4.69, 9.17) is 9.47 Å². The summed E-state index contributed by atoms with van der Waals surface area (Å²) in [7, 11) is -4.29. The van der Waals surface area contributed by atoms with E-state index in [9.17, 15) is 18.0 Å². The van der Waals surface area contributed by atoms with Crippen LogP contribution in [0.1, 0.15) is 23.0 Å². The van der Waals surface area contributed by atoms with E-state index < -0.39 is 34.4 Å². The molecule has 1 saturated heterocycles. The smallest absolute Gasteiger partial charge is 0.358 e. The zero-order chi connectivity index (χ0) is 26.2. The predicted octanol–water partition coefficient (Wildman–Crippen LogP) is 3.10. The summed E-state index contributed by atoms with van der Waals surface area (Å²) in [4.78, 5) is 23.8. The number of hydrogen-bond acceptors (Lipinski definition) is 7. The fourth-order valence-corrected chi connectivity index (χ4v) is 5.12. The molecular formula is C25H21FN4O6S. The van der Waals surface area contributed by atoms with Crippen LogP contribution in [0.25, 0.3) is 16.5 Å². The average Bonchev–Trinajstić information content (AvgIpc) is 3.47. The molecule has 1 fully saturated rings. The number of aromatic nitrogens is 2. The molecule has 1 aliphatic rings. The summed E-state index contributed by atoms with van der Waals surface area (Å²) in [5.74, 6) is -2.26. The number of anilines is 1. The molecule has 190 valence electrons. The first-order chi connectivity index (χ1) is 17.8. The van der Waals surface area contributed by atoms with Gasteiger partial charge in [0.15, 0.2) is 11.5 Å². The first-order valence-electron chi connectivity index (χ1n) is 11.3. The fraction of sp³-hybridized carbons (Fsp3) is 0.160. The minimum Gasteiger partial charge on any atom is -0.487 e. The van der Waals surface area contributed by atoms with Gasteiger partial charge in [0.25, 0.3) is 5.91 Å². The highest BCUT2D eigenvalue weighted by Crippen LogP contribution is 2.40. The van der Waals surface area contributed by atoms with E-state index in [1.54, 1.807) is 25.3 Å². The SMILES string of the molecule is CCOC(=O)c1ccn(-c2ccc3c(F)c(N4CC(=O)NS4(=O)=O)c(OCc4ccccc4)cc3c2)n1. The Morgan fingerprint density at radius 1 is 1.14 bits per heavy atom. The van der Waals surface area contributed by atoms with Crippen LogP contribution in [0.3, 0.4) is 0 Å². The maximum Gasteiger partial charge on any atom is 0.358 e. The number of nitrogens with zero attached hydrogens (tertiary/aromatic N) is 3. The second kappa shape index (κ2) is 9.54. The van der Waals surface area contributed by atoms with Gasteiger partial charge in [0, 0.05) is 11.6 Å². The summed E-state index contributed by atoms with van der Waals surface area (Å²) in [5.41, 5.74) is 1.06. The topological polar surface area (TPSA) is 120 Å². The van der Waals surface area contributed by atoms with E-state index in [0.717, 1.165) is 5.56 Å². The third kappa shape index (κ3) is 4.70. The van der Waals surface area contributed by atoms with E-state index in [0.29, 0.717) is 15.4 Å². The lowest BCUT2D eigenvalue weighted by atomic mass is 10.1. The van der Waals surface area contributed by atoms with Crippen LogP contribution in [-0.4, -0.2) is 43.2 Å². The number of nitrogens with one attached hydrogen (secondary N) is 1. The molecule has 2 heterocycles. The second-order valence-corrected chi connectivity index (χ2v) is 9.71. The number of carbonyl (C=O) groups is 2. The number of benzene rings is 3. The van der Waals surface area contributed by atoms with Gasteiger partial charge in [-0.3, -0.25) is 4.79 Å². The Balaban J connectivity index is 1.60. The zero-order valence-corrected chi connectivity index (χ0v) is 20.4. The molecule has 0 bridgehead atoms. The Labute approximate surface area is 211 Å². The molecule has 1 aliphatic heterocycles. The van der Waals surface area contributed by atoms with Crippen molar-refractivity contribution in [1.82, 2.24) is 14.5 Å². The first kappa shape index (κ1) is 24.3. The highest BCUT2D eigenvalue weighted by atomic mass is 32.2. The van der Waals surface area contributed by atoms with Crippen LogP contribution in [0.15, 0.2) is 66.9 Å². The molecule has 4 aromatic rings. The van der Waals surface area contributed by atoms with Crippen LogP contribution in [-0.2, 0) is 26.3 Å². The predicted molar refractivity (Wildman–Crippen MR) is 132 cm³/mol. The molecule has 3 aromatic carbocycles. The Hall–Kier alpha value is -4.45. The zero-order valence-electron chi connectivity index (χ0n) is 19.5. The molecule has 0 aliphatic carbocycles. The van der Waals surface area contributed by atoms with Crippen LogP contribution in [0.5, 0.6) is 5.75 Å². The molecule has 12 heteroatoms. The maximum absolute atomic E-state index is 15.9. The fourth-order valence-electron chi connectivity index (χ4n) is 3.96. The highest BCUT2D eigenvalue weighted by Gasteiger charge is 2.38. The quantitative estimate of drug-likeness (QED) is 0.369. The highest BCUT2D eigenvalue weighted by molar-refractivity contribution is 7.92. The largest absolute Gasteiger partial charge is 0.487 e. The molecule has 1 amide bonds. The summed E-state index contributed by atoms with van der Waals surface area (Å²) in [5, 5.41) is 4.72. The molecule has 10 nitrogen and oxygen atoms in total. The molecular weight excluding hydrogens is 503 g/mol. The maximum atomic E-state index is 15.9. The number of fused-ring (bicyclic) bond motifs is 1. The van der Waals surface area contributed by atoms with Crippen molar-refractivity contribution in [3.05, 3.63) is 83.9 Å². The molecule has 0 atom stereocenters. The standard InChI is InChI=1S/C25H21FN4O6S/c1-2-35-25(32)20-10-11-29(27-20)18-8-9-19-17(12-18)13-21(36-15-16-6-4-3-5-7-16)24(23(19)26)30-14-22(31)28-37(30,33)34/h3-13H,2,14-15H2,1H3,(H,28,31). The van der Waals surface area contributed by atoms with Gasteiger partial charge in [-0.1, -0.05) is 30.3 Å². The number of rotatable bonds is 7. The first-order valence-corrected chi connectivity index (χ1v) is 12.7. The van der Waals surface area contributed by atoms with Crippen molar-refractivity contribution in [3.8, 4) is 11.4 Å². The van der Waals surface area contributed by atoms with Crippen LogP contribution in [0.4, 0.5) is 10.1 Å². The van der Waals surface area contributed by atoms with E-state index >= 15 is 4.39 Å². The van der Waals surface area contributed by atoms with Gasteiger partial charge in [-0.05, 0) is 48.2 Å². The molecule has 0 saturated carbocycles. The van der Waals surface area contributed by atoms with Crippen molar-refractivity contribution < 1.29 is 31.9 Å². The Kier molecular flexibility index (Phi) is 6.25. The third-order valence-electron chi connectivity index (χ3n) is 5.64.